The molecule has 2 heterocycles. The van der Waals surface area contributed by atoms with E-state index in [1.54, 1.807) is 12.3 Å². The maximum absolute atomic E-state index is 12.4. The van der Waals surface area contributed by atoms with Crippen LogP contribution in [0.25, 0.3) is 11.4 Å². The van der Waals surface area contributed by atoms with Gasteiger partial charge in [0.15, 0.2) is 5.82 Å². The van der Waals surface area contributed by atoms with E-state index >= 15 is 0 Å². The molecule has 0 radical (unpaired) electrons. The van der Waals surface area contributed by atoms with E-state index in [0.717, 1.165) is 17.5 Å². The van der Waals surface area contributed by atoms with Crippen LogP contribution in [0, 0.1) is 6.92 Å². The van der Waals surface area contributed by atoms with Crippen LogP contribution in [0.15, 0.2) is 46.2 Å². The van der Waals surface area contributed by atoms with Crippen molar-refractivity contribution in [3.8, 4) is 11.4 Å². The fourth-order valence-corrected chi connectivity index (χ4v) is 3.45. The second-order valence-corrected chi connectivity index (χ2v) is 7.31. The first-order chi connectivity index (χ1) is 13.0. The number of aryl methyl sites for hydroxylation is 1. The van der Waals surface area contributed by atoms with E-state index in [2.05, 4.69) is 15.5 Å². The Morgan fingerprint density at radius 2 is 2.07 bits per heavy atom. The molecule has 2 aromatic heterocycles. The second-order valence-electron chi connectivity index (χ2n) is 5.94. The Hall–Kier alpha value is -2.45. The number of rotatable bonds is 7. The smallest absolute Gasteiger partial charge is 0.230 e. The third-order valence-electron chi connectivity index (χ3n) is 4.11. The summed E-state index contributed by atoms with van der Waals surface area (Å²) in [5.41, 5.74) is 1.79. The molecule has 1 atom stereocenters. The molecule has 0 saturated heterocycles. The molecule has 1 aromatic carbocycles. The molecule has 142 valence electrons. The number of thioether (sulfide) groups is 1. The quantitative estimate of drug-likeness (QED) is 0.460. The average Bonchev–Trinajstić information content (AvgIpc) is 3.24. The highest BCUT2D eigenvalue weighted by Gasteiger charge is 2.18. The van der Waals surface area contributed by atoms with E-state index < -0.39 is 0 Å². The minimum absolute atomic E-state index is 0.0738. The summed E-state index contributed by atoms with van der Waals surface area (Å²) in [6.45, 7) is 3.84. The Balaban J connectivity index is 1.61. The number of benzene rings is 1. The van der Waals surface area contributed by atoms with E-state index in [-0.39, 0.29) is 17.7 Å². The summed E-state index contributed by atoms with van der Waals surface area (Å²) >= 11 is 7.15. The van der Waals surface area contributed by atoms with Crippen molar-refractivity contribution in [1.29, 1.82) is 0 Å². The maximum atomic E-state index is 12.4. The number of nitrogen functional groups attached to an aromatic ring is 1. The maximum Gasteiger partial charge on any atom is 0.230 e. The van der Waals surface area contributed by atoms with Crippen molar-refractivity contribution >= 4 is 29.3 Å². The van der Waals surface area contributed by atoms with Crippen LogP contribution < -0.4 is 11.2 Å². The van der Waals surface area contributed by atoms with Gasteiger partial charge in [0.05, 0.1) is 23.6 Å². The number of carbonyl (C=O) groups excluding carboxylic acids is 1. The largest absolute Gasteiger partial charge is 0.469 e. The van der Waals surface area contributed by atoms with E-state index in [4.69, 9.17) is 21.9 Å². The van der Waals surface area contributed by atoms with Crippen LogP contribution in [-0.4, -0.2) is 26.5 Å². The van der Waals surface area contributed by atoms with Gasteiger partial charge in [-0.3, -0.25) is 4.79 Å². The van der Waals surface area contributed by atoms with Gasteiger partial charge in [-0.15, -0.1) is 10.2 Å². The molecular formula is C18H20ClN5O2S. The van der Waals surface area contributed by atoms with Gasteiger partial charge in [-0.25, -0.2) is 4.68 Å². The number of aromatic nitrogens is 3. The van der Waals surface area contributed by atoms with Crippen LogP contribution in [0.2, 0.25) is 5.02 Å². The molecule has 0 bridgehead atoms. The van der Waals surface area contributed by atoms with Crippen molar-refractivity contribution in [2.75, 3.05) is 11.6 Å². The predicted molar refractivity (Wildman–Crippen MR) is 106 cm³/mol. The van der Waals surface area contributed by atoms with Gasteiger partial charge in [-0.05, 0) is 37.1 Å². The lowest BCUT2D eigenvalue weighted by molar-refractivity contribution is -0.119. The Labute approximate surface area is 166 Å². The average molecular weight is 406 g/mol. The third-order valence-corrected chi connectivity index (χ3v) is 5.31. The van der Waals surface area contributed by atoms with Crippen LogP contribution in [-0.2, 0) is 4.79 Å². The van der Waals surface area contributed by atoms with E-state index in [9.17, 15) is 4.79 Å². The van der Waals surface area contributed by atoms with Crippen molar-refractivity contribution in [2.24, 2.45) is 0 Å². The molecule has 0 aliphatic rings. The van der Waals surface area contributed by atoms with Gasteiger partial charge < -0.3 is 15.6 Å². The Bertz CT molecular complexity index is 922. The molecule has 1 amide bonds. The first-order valence-electron chi connectivity index (χ1n) is 8.42. The topological polar surface area (TPSA) is 99.0 Å². The number of carbonyl (C=O) groups is 1. The van der Waals surface area contributed by atoms with Gasteiger partial charge in [-0.2, -0.15) is 0 Å². The number of hydrogen-bond acceptors (Lipinski definition) is 6. The summed E-state index contributed by atoms with van der Waals surface area (Å²) in [4.78, 5) is 12.4. The highest BCUT2D eigenvalue weighted by Crippen LogP contribution is 2.25. The molecule has 0 saturated carbocycles. The lowest BCUT2D eigenvalue weighted by atomic mass is 10.0. The number of halogens is 1. The monoisotopic (exact) mass is 405 g/mol. The first-order valence-corrected chi connectivity index (χ1v) is 9.78. The lowest BCUT2D eigenvalue weighted by Crippen LogP contribution is -2.29. The zero-order valence-corrected chi connectivity index (χ0v) is 16.5. The van der Waals surface area contributed by atoms with Crippen LogP contribution in [0.4, 0.5) is 0 Å². The van der Waals surface area contributed by atoms with Gasteiger partial charge in [0.25, 0.3) is 0 Å². The first kappa shape index (κ1) is 19.3. The molecule has 0 aliphatic carbocycles. The predicted octanol–water partition coefficient (Wildman–Crippen LogP) is 3.57. The number of nitrogens with one attached hydrogen (secondary N) is 1. The number of nitrogens with zero attached hydrogens (tertiary/aromatic N) is 3. The molecular weight excluding hydrogens is 386 g/mol. The molecule has 3 N–H and O–H groups in total. The molecule has 27 heavy (non-hydrogen) atoms. The standard InChI is InChI=1S/C18H20ClN5O2S/c1-3-15(12-4-6-13(19)7-5-12)21-16(25)10-27-18-23-22-17(24(18)20)14-8-9-26-11(14)2/h4-9,15H,3,10,20H2,1-2H3,(H,21,25). The summed E-state index contributed by atoms with van der Waals surface area (Å²) in [6.07, 6.45) is 2.34. The molecule has 0 spiro atoms. The minimum Gasteiger partial charge on any atom is -0.469 e. The number of nitrogens with two attached hydrogens (primary N) is 1. The van der Waals surface area contributed by atoms with Crippen LogP contribution >= 0.6 is 23.4 Å². The second kappa shape index (κ2) is 8.49. The van der Waals surface area contributed by atoms with Gasteiger partial charge in [-0.1, -0.05) is 42.4 Å². The summed E-state index contributed by atoms with van der Waals surface area (Å²) < 4.78 is 6.64. The van der Waals surface area contributed by atoms with Crippen LogP contribution in [0.3, 0.4) is 0 Å². The summed E-state index contributed by atoms with van der Waals surface area (Å²) in [5, 5.41) is 12.3. The number of furan rings is 1. The van der Waals surface area contributed by atoms with Gasteiger partial charge in [0.2, 0.25) is 11.1 Å². The van der Waals surface area contributed by atoms with E-state index in [1.807, 2.05) is 38.1 Å². The zero-order valence-electron chi connectivity index (χ0n) is 15.0. The van der Waals surface area contributed by atoms with Crippen molar-refractivity contribution in [1.82, 2.24) is 20.2 Å². The highest BCUT2D eigenvalue weighted by atomic mass is 35.5. The Morgan fingerprint density at radius 3 is 2.70 bits per heavy atom. The third kappa shape index (κ3) is 4.45. The summed E-state index contributed by atoms with van der Waals surface area (Å²) in [5.74, 6) is 7.35. The van der Waals surface area contributed by atoms with Crippen LogP contribution in [0.5, 0.6) is 0 Å². The van der Waals surface area contributed by atoms with E-state index in [0.29, 0.717) is 21.8 Å². The summed E-state index contributed by atoms with van der Waals surface area (Å²) in [7, 11) is 0. The molecule has 3 aromatic rings. The highest BCUT2D eigenvalue weighted by molar-refractivity contribution is 7.99. The fraction of sp³-hybridized carbons (Fsp3) is 0.278. The van der Waals surface area contributed by atoms with Gasteiger partial charge in [0, 0.05) is 5.02 Å². The number of amides is 1. The Kier molecular flexibility index (Phi) is 6.08. The number of hydrogen-bond donors (Lipinski definition) is 2. The molecule has 0 fully saturated rings. The normalized spacial score (nSPS) is 12.1. The minimum atomic E-state index is -0.106. The van der Waals surface area contributed by atoms with E-state index in [1.165, 1.54) is 16.4 Å². The Morgan fingerprint density at radius 1 is 1.33 bits per heavy atom. The summed E-state index contributed by atoms with van der Waals surface area (Å²) in [6, 6.07) is 9.17. The molecule has 7 nitrogen and oxygen atoms in total. The molecule has 1 unspecified atom stereocenters. The van der Waals surface area contributed by atoms with Crippen molar-refractivity contribution in [3.63, 3.8) is 0 Å². The zero-order chi connectivity index (χ0) is 19.4. The van der Waals surface area contributed by atoms with Crippen molar-refractivity contribution < 1.29 is 9.21 Å². The van der Waals surface area contributed by atoms with Crippen LogP contribution in [0.1, 0.15) is 30.7 Å². The fourth-order valence-electron chi connectivity index (χ4n) is 2.66. The molecule has 3 rings (SSSR count). The van der Waals surface area contributed by atoms with Crippen molar-refractivity contribution in [3.05, 3.63) is 52.9 Å². The van der Waals surface area contributed by atoms with Gasteiger partial charge >= 0.3 is 0 Å². The SMILES string of the molecule is CCC(NC(=O)CSc1nnc(-c2ccoc2C)n1N)c1ccc(Cl)cc1. The molecule has 0 aliphatic heterocycles. The lowest BCUT2D eigenvalue weighted by Gasteiger charge is -2.17. The molecule has 9 heteroatoms. The van der Waals surface area contributed by atoms with Gasteiger partial charge in [0.1, 0.15) is 5.76 Å². The van der Waals surface area contributed by atoms with Crippen molar-refractivity contribution in [2.45, 2.75) is 31.5 Å².